The number of rotatable bonds is 2. The van der Waals surface area contributed by atoms with E-state index in [1.54, 1.807) is 0 Å². The molecule has 1 aliphatic heterocycles. The molecule has 0 N–H and O–H groups in total. The third kappa shape index (κ3) is 2.01. The molecule has 0 bridgehead atoms. The normalized spacial score (nSPS) is 13.6. The molecule has 0 saturated heterocycles. The van der Waals surface area contributed by atoms with E-state index >= 15 is 0 Å². The summed E-state index contributed by atoms with van der Waals surface area (Å²) in [4.78, 5) is 6.76. The van der Waals surface area contributed by atoms with Crippen LogP contribution in [-0.4, -0.2) is 27.8 Å². The molecule has 0 amide bonds. The molecule has 3 heteroatoms. The summed E-state index contributed by atoms with van der Waals surface area (Å²) in [6, 6.07) is 17.2. The van der Waals surface area contributed by atoms with Crippen molar-refractivity contribution in [2.45, 2.75) is 0 Å². The van der Waals surface area contributed by atoms with Crippen LogP contribution in [0.3, 0.4) is 0 Å². The summed E-state index contributed by atoms with van der Waals surface area (Å²) in [5.74, 6) is 0. The van der Waals surface area contributed by atoms with Crippen LogP contribution in [0, 0.1) is 0 Å². The van der Waals surface area contributed by atoms with Gasteiger partial charge in [-0.05, 0) is 30.3 Å². The maximum absolute atomic E-state index is 2.35. The molecule has 3 nitrogen and oxygen atoms in total. The minimum atomic E-state index is 0.899. The first-order valence-electron chi connectivity index (χ1n) is 6.52. The Morgan fingerprint density at radius 3 is 2.42 bits per heavy atom. The third-order valence-electron chi connectivity index (χ3n) is 3.60. The van der Waals surface area contributed by atoms with Gasteiger partial charge in [-0.3, -0.25) is 0 Å². The van der Waals surface area contributed by atoms with E-state index in [9.17, 15) is 0 Å². The first kappa shape index (κ1) is 11.9. The molecule has 0 aromatic heterocycles. The molecule has 1 heterocycles. The largest absolute Gasteiger partial charge is 0.378 e. The Hall–Kier alpha value is -2.16. The monoisotopic (exact) mass is 253 g/mol. The second-order valence-electron chi connectivity index (χ2n) is 5.17. The third-order valence-corrected chi connectivity index (χ3v) is 3.60. The van der Waals surface area contributed by atoms with Crippen LogP contribution in [0.25, 0.3) is 0 Å². The first-order valence-corrected chi connectivity index (χ1v) is 6.52. The molecule has 98 valence electrons. The van der Waals surface area contributed by atoms with Gasteiger partial charge in [0.15, 0.2) is 0 Å². The van der Waals surface area contributed by atoms with Crippen LogP contribution >= 0.6 is 0 Å². The van der Waals surface area contributed by atoms with Crippen LogP contribution in [0.1, 0.15) is 0 Å². The topological polar surface area (TPSA) is 9.72 Å². The molecule has 2 aromatic carbocycles. The zero-order valence-corrected chi connectivity index (χ0v) is 11.7. The van der Waals surface area contributed by atoms with Crippen LogP contribution < -0.4 is 14.7 Å². The molecular formula is C16H19N3. The van der Waals surface area contributed by atoms with Gasteiger partial charge >= 0.3 is 0 Å². The van der Waals surface area contributed by atoms with Gasteiger partial charge in [-0.2, -0.15) is 0 Å². The molecule has 0 saturated carbocycles. The SMILES string of the molecule is CN(C)c1cccc(N2CN(C)c3ccccc32)c1. The Kier molecular flexibility index (Phi) is 2.82. The second kappa shape index (κ2) is 4.50. The number of nitrogens with zero attached hydrogens (tertiary/aromatic N) is 3. The highest BCUT2D eigenvalue weighted by Gasteiger charge is 2.23. The molecule has 0 aliphatic carbocycles. The van der Waals surface area contributed by atoms with Crippen molar-refractivity contribution in [2.75, 3.05) is 42.5 Å². The standard InChI is InChI=1S/C16H19N3/c1-17(2)13-7-6-8-14(11-13)19-12-18(3)15-9-4-5-10-16(15)19/h4-11H,12H2,1-3H3. The number of para-hydroxylation sites is 2. The molecule has 0 atom stereocenters. The van der Waals surface area contributed by atoms with Crippen molar-refractivity contribution in [2.24, 2.45) is 0 Å². The van der Waals surface area contributed by atoms with Crippen LogP contribution in [0.5, 0.6) is 0 Å². The lowest BCUT2D eigenvalue weighted by Gasteiger charge is -2.21. The molecule has 19 heavy (non-hydrogen) atoms. The lowest BCUT2D eigenvalue weighted by Crippen LogP contribution is -2.24. The zero-order valence-electron chi connectivity index (χ0n) is 11.7. The fraction of sp³-hybridized carbons (Fsp3) is 0.250. The minimum Gasteiger partial charge on any atom is -0.378 e. The van der Waals surface area contributed by atoms with Crippen molar-refractivity contribution in [1.29, 1.82) is 0 Å². The van der Waals surface area contributed by atoms with Gasteiger partial charge in [-0.15, -0.1) is 0 Å². The van der Waals surface area contributed by atoms with Crippen molar-refractivity contribution in [3.8, 4) is 0 Å². The van der Waals surface area contributed by atoms with Crippen molar-refractivity contribution < 1.29 is 0 Å². The molecule has 0 fully saturated rings. The van der Waals surface area contributed by atoms with E-state index in [1.165, 1.54) is 22.7 Å². The summed E-state index contributed by atoms with van der Waals surface area (Å²) in [6.45, 7) is 0.899. The lowest BCUT2D eigenvalue weighted by molar-refractivity contribution is 0.949. The van der Waals surface area contributed by atoms with Gasteiger partial charge in [-0.1, -0.05) is 18.2 Å². The van der Waals surface area contributed by atoms with Crippen molar-refractivity contribution in [1.82, 2.24) is 0 Å². The zero-order chi connectivity index (χ0) is 13.4. The molecule has 0 unspecified atom stereocenters. The highest BCUT2D eigenvalue weighted by molar-refractivity contribution is 5.82. The lowest BCUT2D eigenvalue weighted by atomic mass is 10.2. The van der Waals surface area contributed by atoms with E-state index in [2.05, 4.69) is 84.4 Å². The van der Waals surface area contributed by atoms with E-state index in [4.69, 9.17) is 0 Å². The predicted octanol–water partition coefficient (Wildman–Crippen LogP) is 3.30. The minimum absolute atomic E-state index is 0.899. The average molecular weight is 253 g/mol. The maximum Gasteiger partial charge on any atom is 0.0950 e. The highest BCUT2D eigenvalue weighted by Crippen LogP contribution is 2.39. The van der Waals surface area contributed by atoms with Gasteiger partial charge in [0.1, 0.15) is 0 Å². The fourth-order valence-corrected chi connectivity index (χ4v) is 2.54. The Morgan fingerprint density at radius 1 is 0.947 bits per heavy atom. The van der Waals surface area contributed by atoms with Crippen LogP contribution in [-0.2, 0) is 0 Å². The first-order chi connectivity index (χ1) is 9.16. The summed E-state index contributed by atoms with van der Waals surface area (Å²) < 4.78 is 0. The van der Waals surface area contributed by atoms with Gasteiger partial charge in [0.2, 0.25) is 0 Å². The summed E-state index contributed by atoms with van der Waals surface area (Å²) >= 11 is 0. The maximum atomic E-state index is 2.35. The molecule has 2 aromatic rings. The molecule has 0 spiro atoms. The summed E-state index contributed by atoms with van der Waals surface area (Å²) in [7, 11) is 6.28. The highest BCUT2D eigenvalue weighted by atomic mass is 15.4. The second-order valence-corrected chi connectivity index (χ2v) is 5.17. The van der Waals surface area contributed by atoms with Gasteiger partial charge in [0.25, 0.3) is 0 Å². The van der Waals surface area contributed by atoms with Crippen molar-refractivity contribution >= 4 is 22.7 Å². The Labute approximate surface area is 114 Å². The Bertz CT molecular complexity index is 592. The van der Waals surface area contributed by atoms with Gasteiger partial charge in [-0.25, -0.2) is 0 Å². The van der Waals surface area contributed by atoms with Gasteiger partial charge in [0.05, 0.1) is 18.0 Å². The summed E-state index contributed by atoms with van der Waals surface area (Å²) in [5.41, 5.74) is 5.03. The van der Waals surface area contributed by atoms with E-state index in [0.717, 1.165) is 6.67 Å². The fourth-order valence-electron chi connectivity index (χ4n) is 2.54. The van der Waals surface area contributed by atoms with Crippen LogP contribution in [0.2, 0.25) is 0 Å². The number of anilines is 4. The molecule has 0 radical (unpaired) electrons. The van der Waals surface area contributed by atoms with Crippen LogP contribution in [0.15, 0.2) is 48.5 Å². The van der Waals surface area contributed by atoms with E-state index in [0.29, 0.717) is 0 Å². The number of benzene rings is 2. The van der Waals surface area contributed by atoms with E-state index < -0.39 is 0 Å². The molecule has 1 aliphatic rings. The van der Waals surface area contributed by atoms with E-state index in [-0.39, 0.29) is 0 Å². The number of hydrogen-bond donors (Lipinski definition) is 0. The van der Waals surface area contributed by atoms with E-state index in [1.807, 2.05) is 0 Å². The Balaban J connectivity index is 2.02. The number of hydrogen-bond acceptors (Lipinski definition) is 3. The average Bonchev–Trinajstić information content (AvgIpc) is 2.77. The molecular weight excluding hydrogens is 234 g/mol. The van der Waals surface area contributed by atoms with Crippen LogP contribution in [0.4, 0.5) is 22.7 Å². The predicted molar refractivity (Wildman–Crippen MR) is 82.6 cm³/mol. The van der Waals surface area contributed by atoms with Gasteiger partial charge in [0, 0.05) is 32.5 Å². The Morgan fingerprint density at radius 2 is 1.68 bits per heavy atom. The quantitative estimate of drug-likeness (QED) is 0.813. The summed E-state index contributed by atoms with van der Waals surface area (Å²) in [5, 5.41) is 0. The molecule has 3 rings (SSSR count). The smallest absolute Gasteiger partial charge is 0.0950 e. The number of fused-ring (bicyclic) bond motifs is 1. The van der Waals surface area contributed by atoms with Gasteiger partial charge < -0.3 is 14.7 Å². The van der Waals surface area contributed by atoms with Crippen molar-refractivity contribution in [3.63, 3.8) is 0 Å². The van der Waals surface area contributed by atoms with Crippen molar-refractivity contribution in [3.05, 3.63) is 48.5 Å². The summed E-state index contributed by atoms with van der Waals surface area (Å²) in [6.07, 6.45) is 0.